The molecule has 126 valence electrons. The Labute approximate surface area is 150 Å². The fourth-order valence-corrected chi connectivity index (χ4v) is 2.36. The predicted octanol–water partition coefficient (Wildman–Crippen LogP) is 3.67. The number of carbonyl (C=O) groups is 1. The van der Waals surface area contributed by atoms with E-state index in [1.54, 1.807) is 42.6 Å². The molecule has 0 aliphatic rings. The summed E-state index contributed by atoms with van der Waals surface area (Å²) in [7, 11) is 1.31. The summed E-state index contributed by atoms with van der Waals surface area (Å²) in [5.74, 6) is 0.117. The number of hydrazone groups is 1. The van der Waals surface area contributed by atoms with Crippen molar-refractivity contribution in [3.8, 4) is 5.75 Å². The molecule has 2 rings (SSSR count). The molecule has 0 atom stereocenters. The first-order chi connectivity index (χ1) is 11.6. The molecule has 0 saturated carbocycles. The van der Waals surface area contributed by atoms with Crippen molar-refractivity contribution in [2.24, 2.45) is 5.10 Å². The average Bonchev–Trinajstić information content (AvgIpc) is 2.59. The summed E-state index contributed by atoms with van der Waals surface area (Å²) in [5.41, 5.74) is 4.50. The second-order valence-corrected chi connectivity index (χ2v) is 5.54. The van der Waals surface area contributed by atoms with Crippen LogP contribution in [0.3, 0.4) is 0 Å². The van der Waals surface area contributed by atoms with Gasteiger partial charge in [0.2, 0.25) is 0 Å². The van der Waals surface area contributed by atoms with Crippen LogP contribution >= 0.6 is 23.2 Å². The summed E-state index contributed by atoms with van der Waals surface area (Å²) >= 11 is 12.2. The second kappa shape index (κ2) is 9.15. The van der Waals surface area contributed by atoms with E-state index in [4.69, 9.17) is 27.9 Å². The largest absolute Gasteiger partial charge is 0.482 e. The van der Waals surface area contributed by atoms with Crippen LogP contribution in [0.5, 0.6) is 5.75 Å². The number of nitrogens with zero attached hydrogens (tertiary/aromatic N) is 1. The van der Waals surface area contributed by atoms with Gasteiger partial charge in [0, 0.05) is 15.6 Å². The Morgan fingerprint density at radius 1 is 1.21 bits per heavy atom. The van der Waals surface area contributed by atoms with E-state index in [0.29, 0.717) is 22.3 Å². The van der Waals surface area contributed by atoms with Crippen LogP contribution in [0.25, 0.3) is 0 Å². The van der Waals surface area contributed by atoms with E-state index in [9.17, 15) is 4.79 Å². The zero-order valence-corrected chi connectivity index (χ0v) is 14.5. The number of nitrogens with one attached hydrogen (secondary N) is 1. The van der Waals surface area contributed by atoms with Gasteiger partial charge in [0.15, 0.2) is 6.61 Å². The lowest BCUT2D eigenvalue weighted by molar-refractivity contribution is -0.142. The van der Waals surface area contributed by atoms with Crippen molar-refractivity contribution in [2.75, 3.05) is 13.7 Å². The van der Waals surface area contributed by atoms with E-state index >= 15 is 0 Å². The van der Waals surface area contributed by atoms with Gasteiger partial charge in [-0.1, -0.05) is 41.4 Å². The molecule has 1 N–H and O–H groups in total. The number of hydrogen-bond acceptors (Lipinski definition) is 5. The Hall–Kier alpha value is -2.24. The molecule has 0 saturated heterocycles. The number of esters is 1. The smallest absolute Gasteiger partial charge is 0.343 e. The summed E-state index contributed by atoms with van der Waals surface area (Å²) in [5, 5.41) is 5.31. The number of ether oxygens (including phenoxy) is 2. The highest BCUT2D eigenvalue weighted by atomic mass is 35.5. The zero-order chi connectivity index (χ0) is 17.4. The molecule has 2 aromatic rings. The van der Waals surface area contributed by atoms with Gasteiger partial charge < -0.3 is 14.9 Å². The number of hydrogen-bond donors (Lipinski definition) is 1. The van der Waals surface area contributed by atoms with Gasteiger partial charge in [0.1, 0.15) is 5.75 Å². The van der Waals surface area contributed by atoms with Crippen molar-refractivity contribution >= 4 is 35.4 Å². The topological polar surface area (TPSA) is 59.9 Å². The fraction of sp³-hybridized carbons (Fsp3) is 0.176. The summed E-state index contributed by atoms with van der Waals surface area (Å²) in [6.07, 6.45) is 1.63. The molecule has 5 nitrogen and oxygen atoms in total. The average molecular weight is 367 g/mol. The Morgan fingerprint density at radius 2 is 1.92 bits per heavy atom. The standard InChI is InChI=1S/C17H16Cl2N2O3/c1-23-17(22)11-24-13-5-2-4-12(8-13)9-20-21-10-14-15(18)6-3-7-16(14)19/h2-9,21H,10-11H2,1H3/b20-9+. The van der Waals surface area contributed by atoms with Gasteiger partial charge in [-0.2, -0.15) is 5.10 Å². The molecule has 7 heteroatoms. The molecule has 24 heavy (non-hydrogen) atoms. The lowest BCUT2D eigenvalue weighted by atomic mass is 10.2. The Balaban J connectivity index is 1.91. The summed E-state index contributed by atoms with van der Waals surface area (Å²) in [4.78, 5) is 11.1. The normalized spacial score (nSPS) is 10.6. The van der Waals surface area contributed by atoms with Crippen LogP contribution in [-0.4, -0.2) is 25.9 Å². The third kappa shape index (κ3) is 5.44. The Morgan fingerprint density at radius 3 is 2.62 bits per heavy atom. The monoisotopic (exact) mass is 366 g/mol. The minimum atomic E-state index is -0.438. The molecule has 0 radical (unpaired) electrons. The van der Waals surface area contributed by atoms with Gasteiger partial charge in [-0.25, -0.2) is 4.79 Å². The van der Waals surface area contributed by atoms with Crippen LogP contribution in [0.4, 0.5) is 0 Å². The van der Waals surface area contributed by atoms with Crippen molar-refractivity contribution in [3.05, 3.63) is 63.6 Å². The Bertz CT molecular complexity index is 715. The first kappa shape index (κ1) is 18.1. The molecular weight excluding hydrogens is 351 g/mol. The second-order valence-electron chi connectivity index (χ2n) is 4.73. The highest BCUT2D eigenvalue weighted by Crippen LogP contribution is 2.23. The number of carbonyl (C=O) groups excluding carboxylic acids is 1. The zero-order valence-electron chi connectivity index (χ0n) is 13.0. The number of halogens is 2. The first-order valence-electron chi connectivity index (χ1n) is 7.08. The molecule has 0 aromatic heterocycles. The Kier molecular flexibility index (Phi) is 6.90. The minimum Gasteiger partial charge on any atom is -0.482 e. The number of methoxy groups -OCH3 is 1. The molecule has 0 unspecified atom stereocenters. The van der Waals surface area contributed by atoms with Gasteiger partial charge in [0.25, 0.3) is 0 Å². The summed E-state index contributed by atoms with van der Waals surface area (Å²) in [6, 6.07) is 12.5. The maximum atomic E-state index is 11.1. The maximum absolute atomic E-state index is 11.1. The molecule has 0 aliphatic heterocycles. The molecule has 0 fully saturated rings. The molecule has 0 heterocycles. The van der Waals surface area contributed by atoms with E-state index in [0.717, 1.165) is 11.1 Å². The van der Waals surface area contributed by atoms with E-state index < -0.39 is 5.97 Å². The minimum absolute atomic E-state index is 0.139. The van der Waals surface area contributed by atoms with E-state index in [1.807, 2.05) is 6.07 Å². The first-order valence-corrected chi connectivity index (χ1v) is 7.84. The van der Waals surface area contributed by atoms with Crippen molar-refractivity contribution in [1.29, 1.82) is 0 Å². The maximum Gasteiger partial charge on any atom is 0.343 e. The van der Waals surface area contributed by atoms with E-state index in [-0.39, 0.29) is 6.61 Å². The van der Waals surface area contributed by atoms with Crippen molar-refractivity contribution in [3.63, 3.8) is 0 Å². The fourth-order valence-electron chi connectivity index (χ4n) is 1.83. The molecule has 0 amide bonds. The summed E-state index contributed by atoms with van der Waals surface area (Å²) < 4.78 is 9.84. The SMILES string of the molecule is COC(=O)COc1cccc(/C=N/NCc2c(Cl)cccc2Cl)c1. The molecule has 2 aromatic carbocycles. The summed E-state index contributed by atoms with van der Waals surface area (Å²) in [6.45, 7) is 0.272. The van der Waals surface area contributed by atoms with Crippen LogP contribution in [0.15, 0.2) is 47.6 Å². The van der Waals surface area contributed by atoms with Crippen LogP contribution < -0.4 is 10.2 Å². The lowest BCUT2D eigenvalue weighted by Gasteiger charge is -2.06. The van der Waals surface area contributed by atoms with Gasteiger partial charge in [-0.05, 0) is 29.8 Å². The molecular formula is C17H16Cl2N2O3. The van der Waals surface area contributed by atoms with Gasteiger partial charge in [-0.15, -0.1) is 0 Å². The van der Waals surface area contributed by atoms with Crippen molar-refractivity contribution in [1.82, 2.24) is 5.43 Å². The lowest BCUT2D eigenvalue weighted by Crippen LogP contribution is -2.12. The van der Waals surface area contributed by atoms with E-state index in [2.05, 4.69) is 15.3 Å². The van der Waals surface area contributed by atoms with Gasteiger partial charge in [0.05, 0.1) is 19.9 Å². The molecule has 0 spiro atoms. The van der Waals surface area contributed by atoms with Crippen LogP contribution in [-0.2, 0) is 16.1 Å². The molecule has 0 bridgehead atoms. The van der Waals surface area contributed by atoms with Crippen LogP contribution in [0, 0.1) is 0 Å². The van der Waals surface area contributed by atoms with Crippen LogP contribution in [0.2, 0.25) is 10.0 Å². The predicted molar refractivity (Wildman–Crippen MR) is 94.8 cm³/mol. The highest BCUT2D eigenvalue weighted by molar-refractivity contribution is 6.35. The number of rotatable bonds is 7. The third-order valence-corrected chi connectivity index (χ3v) is 3.77. The van der Waals surface area contributed by atoms with Crippen molar-refractivity contribution in [2.45, 2.75) is 6.54 Å². The molecule has 0 aliphatic carbocycles. The highest BCUT2D eigenvalue weighted by Gasteiger charge is 2.04. The van der Waals surface area contributed by atoms with Crippen molar-refractivity contribution < 1.29 is 14.3 Å². The quantitative estimate of drug-likeness (QED) is 0.461. The van der Waals surface area contributed by atoms with Crippen LogP contribution in [0.1, 0.15) is 11.1 Å². The third-order valence-electron chi connectivity index (χ3n) is 3.06. The number of benzene rings is 2. The van der Waals surface area contributed by atoms with Gasteiger partial charge >= 0.3 is 5.97 Å². The van der Waals surface area contributed by atoms with Gasteiger partial charge in [-0.3, -0.25) is 0 Å². The van der Waals surface area contributed by atoms with E-state index in [1.165, 1.54) is 7.11 Å².